The molecule has 116 valence electrons. The Bertz CT molecular complexity index is 558. The Kier molecular flexibility index (Phi) is 4.89. The summed E-state index contributed by atoms with van der Waals surface area (Å²) in [5, 5.41) is 13.0. The SMILES string of the molecule is CC(C)[C@@H](N)C(=O)Nc1ccc(C(F)(F)F)cc1[N+](=O)[O-]. The maximum absolute atomic E-state index is 12.5. The van der Waals surface area contributed by atoms with Crippen molar-refractivity contribution in [3.8, 4) is 0 Å². The molecule has 21 heavy (non-hydrogen) atoms. The van der Waals surface area contributed by atoms with Crippen molar-refractivity contribution < 1.29 is 22.9 Å². The summed E-state index contributed by atoms with van der Waals surface area (Å²) in [4.78, 5) is 21.6. The second-order valence-electron chi connectivity index (χ2n) is 4.75. The highest BCUT2D eigenvalue weighted by Crippen LogP contribution is 2.35. The average Bonchev–Trinajstić information content (AvgIpc) is 2.36. The number of nitrogens with two attached hydrogens (primary N) is 1. The average molecular weight is 305 g/mol. The van der Waals surface area contributed by atoms with Gasteiger partial charge in [-0.15, -0.1) is 0 Å². The number of nitro benzene ring substituents is 1. The van der Waals surface area contributed by atoms with E-state index in [0.29, 0.717) is 12.1 Å². The van der Waals surface area contributed by atoms with Crippen LogP contribution in [-0.4, -0.2) is 16.9 Å². The van der Waals surface area contributed by atoms with Crippen LogP contribution in [0.3, 0.4) is 0 Å². The number of nitrogens with one attached hydrogen (secondary N) is 1. The Labute approximate surface area is 118 Å². The van der Waals surface area contributed by atoms with Crippen LogP contribution in [0.5, 0.6) is 0 Å². The minimum atomic E-state index is -4.71. The molecule has 0 aliphatic carbocycles. The molecule has 1 aromatic carbocycles. The molecule has 0 aliphatic heterocycles. The van der Waals surface area contributed by atoms with Crippen LogP contribution in [0.4, 0.5) is 24.5 Å². The van der Waals surface area contributed by atoms with Gasteiger partial charge in [-0.05, 0) is 18.1 Å². The quantitative estimate of drug-likeness (QED) is 0.659. The first-order chi connectivity index (χ1) is 9.54. The van der Waals surface area contributed by atoms with Gasteiger partial charge in [-0.1, -0.05) is 13.8 Å². The molecule has 0 saturated heterocycles. The van der Waals surface area contributed by atoms with Gasteiger partial charge in [0, 0.05) is 6.07 Å². The van der Waals surface area contributed by atoms with Gasteiger partial charge in [0.05, 0.1) is 16.5 Å². The van der Waals surface area contributed by atoms with Crippen LogP contribution >= 0.6 is 0 Å². The van der Waals surface area contributed by atoms with E-state index in [1.165, 1.54) is 0 Å². The number of amides is 1. The number of nitrogens with zero attached hydrogens (tertiary/aromatic N) is 1. The Morgan fingerprint density at radius 3 is 2.38 bits per heavy atom. The molecule has 0 fully saturated rings. The van der Waals surface area contributed by atoms with E-state index in [4.69, 9.17) is 5.73 Å². The predicted molar refractivity (Wildman–Crippen MR) is 69.5 cm³/mol. The fourth-order valence-electron chi connectivity index (χ4n) is 1.48. The number of benzene rings is 1. The normalized spacial score (nSPS) is 13.1. The Balaban J connectivity index is 3.14. The molecule has 0 aromatic heterocycles. The van der Waals surface area contributed by atoms with E-state index in [2.05, 4.69) is 5.32 Å². The van der Waals surface area contributed by atoms with Crippen LogP contribution < -0.4 is 11.1 Å². The molecule has 0 aliphatic rings. The molecule has 0 radical (unpaired) electrons. The van der Waals surface area contributed by atoms with Crippen molar-refractivity contribution >= 4 is 17.3 Å². The van der Waals surface area contributed by atoms with Crippen molar-refractivity contribution in [1.82, 2.24) is 0 Å². The Morgan fingerprint density at radius 2 is 1.95 bits per heavy atom. The molecule has 0 heterocycles. The molecule has 1 aromatic rings. The van der Waals surface area contributed by atoms with Crippen LogP contribution in [0.25, 0.3) is 0 Å². The van der Waals surface area contributed by atoms with Gasteiger partial charge in [0.25, 0.3) is 5.69 Å². The molecule has 1 rings (SSSR count). The molecule has 9 heteroatoms. The van der Waals surface area contributed by atoms with Crippen LogP contribution in [0.15, 0.2) is 18.2 Å². The lowest BCUT2D eigenvalue weighted by Gasteiger charge is -2.15. The van der Waals surface area contributed by atoms with E-state index in [1.54, 1.807) is 13.8 Å². The van der Waals surface area contributed by atoms with Crippen molar-refractivity contribution in [3.05, 3.63) is 33.9 Å². The van der Waals surface area contributed by atoms with Gasteiger partial charge < -0.3 is 11.1 Å². The number of carbonyl (C=O) groups is 1. The van der Waals surface area contributed by atoms with E-state index in [1.807, 2.05) is 0 Å². The van der Waals surface area contributed by atoms with E-state index < -0.39 is 34.3 Å². The predicted octanol–water partition coefficient (Wildman–Crippen LogP) is 2.54. The van der Waals surface area contributed by atoms with Gasteiger partial charge in [-0.25, -0.2) is 0 Å². The van der Waals surface area contributed by atoms with Crippen LogP contribution in [0, 0.1) is 16.0 Å². The van der Waals surface area contributed by atoms with E-state index in [9.17, 15) is 28.1 Å². The van der Waals surface area contributed by atoms with Gasteiger partial charge >= 0.3 is 6.18 Å². The number of nitro groups is 1. The van der Waals surface area contributed by atoms with Crippen LogP contribution in [-0.2, 0) is 11.0 Å². The van der Waals surface area contributed by atoms with Crippen molar-refractivity contribution in [1.29, 1.82) is 0 Å². The zero-order valence-corrected chi connectivity index (χ0v) is 11.3. The number of anilines is 1. The molecule has 1 amide bonds. The minimum absolute atomic E-state index is 0.224. The largest absolute Gasteiger partial charge is 0.416 e. The molecule has 1 atom stereocenters. The molecular weight excluding hydrogens is 291 g/mol. The smallest absolute Gasteiger partial charge is 0.320 e. The fourth-order valence-corrected chi connectivity index (χ4v) is 1.48. The van der Waals surface area contributed by atoms with Gasteiger partial charge in [0.2, 0.25) is 5.91 Å². The topological polar surface area (TPSA) is 98.3 Å². The first-order valence-corrected chi connectivity index (χ1v) is 5.96. The summed E-state index contributed by atoms with van der Waals surface area (Å²) in [6, 6.07) is 0.943. The Morgan fingerprint density at radius 1 is 1.38 bits per heavy atom. The van der Waals surface area contributed by atoms with Crippen LogP contribution in [0.2, 0.25) is 0 Å². The lowest BCUT2D eigenvalue weighted by atomic mass is 10.0. The van der Waals surface area contributed by atoms with Gasteiger partial charge in [-0.2, -0.15) is 13.2 Å². The van der Waals surface area contributed by atoms with Crippen LogP contribution in [0.1, 0.15) is 19.4 Å². The van der Waals surface area contributed by atoms with Gasteiger partial charge in [0.15, 0.2) is 0 Å². The van der Waals surface area contributed by atoms with E-state index >= 15 is 0 Å². The molecule has 0 saturated carbocycles. The highest BCUT2D eigenvalue weighted by molar-refractivity contribution is 5.96. The summed E-state index contributed by atoms with van der Waals surface area (Å²) in [5.74, 6) is -0.925. The number of alkyl halides is 3. The molecule has 0 spiro atoms. The maximum Gasteiger partial charge on any atom is 0.416 e. The fraction of sp³-hybridized carbons (Fsp3) is 0.417. The Hall–Kier alpha value is -2.16. The monoisotopic (exact) mass is 305 g/mol. The summed E-state index contributed by atoms with van der Waals surface area (Å²) in [7, 11) is 0. The maximum atomic E-state index is 12.5. The molecule has 3 N–H and O–H groups in total. The summed E-state index contributed by atoms with van der Waals surface area (Å²) in [6.45, 7) is 3.34. The third kappa shape index (κ3) is 4.15. The van der Waals surface area contributed by atoms with Gasteiger partial charge in [0.1, 0.15) is 5.69 Å². The number of hydrogen-bond acceptors (Lipinski definition) is 4. The van der Waals surface area contributed by atoms with Crippen molar-refractivity contribution in [3.63, 3.8) is 0 Å². The van der Waals surface area contributed by atoms with Crippen molar-refractivity contribution in [2.75, 3.05) is 5.32 Å². The molecule has 0 bridgehead atoms. The zero-order valence-electron chi connectivity index (χ0n) is 11.3. The molecule has 0 unspecified atom stereocenters. The highest BCUT2D eigenvalue weighted by atomic mass is 19.4. The van der Waals surface area contributed by atoms with E-state index in [0.717, 1.165) is 6.07 Å². The summed E-state index contributed by atoms with van der Waals surface area (Å²) >= 11 is 0. The minimum Gasteiger partial charge on any atom is -0.320 e. The number of hydrogen-bond donors (Lipinski definition) is 2. The summed E-state index contributed by atoms with van der Waals surface area (Å²) in [5.41, 5.74) is 3.24. The third-order valence-corrected chi connectivity index (χ3v) is 2.80. The highest BCUT2D eigenvalue weighted by Gasteiger charge is 2.33. The summed E-state index contributed by atoms with van der Waals surface area (Å²) < 4.78 is 37.6. The zero-order chi connectivity index (χ0) is 16.4. The standard InChI is InChI=1S/C12H14F3N3O3/c1-6(2)10(16)11(19)17-8-4-3-7(12(13,14)15)5-9(8)18(20)21/h3-6,10H,16H2,1-2H3,(H,17,19)/t10-/m1/s1. The number of halogens is 3. The second-order valence-corrected chi connectivity index (χ2v) is 4.75. The lowest BCUT2D eigenvalue weighted by molar-refractivity contribution is -0.384. The number of carbonyl (C=O) groups excluding carboxylic acids is 1. The first-order valence-electron chi connectivity index (χ1n) is 5.96. The first kappa shape index (κ1) is 16.9. The van der Waals surface area contributed by atoms with Crippen molar-refractivity contribution in [2.45, 2.75) is 26.1 Å². The second kappa shape index (κ2) is 6.08. The summed E-state index contributed by atoms with van der Waals surface area (Å²) in [6.07, 6.45) is -4.71. The third-order valence-electron chi connectivity index (χ3n) is 2.80. The number of rotatable bonds is 4. The van der Waals surface area contributed by atoms with E-state index in [-0.39, 0.29) is 11.6 Å². The van der Waals surface area contributed by atoms with Crippen molar-refractivity contribution in [2.24, 2.45) is 11.7 Å². The molecular formula is C12H14F3N3O3. The van der Waals surface area contributed by atoms with Gasteiger partial charge in [-0.3, -0.25) is 14.9 Å². The molecule has 6 nitrogen and oxygen atoms in total. The lowest BCUT2D eigenvalue weighted by Crippen LogP contribution is -2.39.